The summed E-state index contributed by atoms with van der Waals surface area (Å²) < 4.78 is 50.8. The minimum Gasteiger partial charge on any atom is -0.497 e. The number of hydrogen-bond acceptors (Lipinski definition) is 6. The zero-order chi connectivity index (χ0) is 20.9. The fourth-order valence-electron chi connectivity index (χ4n) is 2.94. The lowest BCUT2D eigenvalue weighted by Gasteiger charge is -2.22. The number of alkyl halides is 3. The summed E-state index contributed by atoms with van der Waals surface area (Å²) in [5.41, 5.74) is -1.45. The van der Waals surface area contributed by atoms with Crippen molar-refractivity contribution in [1.29, 1.82) is 0 Å². The number of methoxy groups -OCH3 is 1. The van der Waals surface area contributed by atoms with E-state index in [9.17, 15) is 18.0 Å². The molecule has 0 radical (unpaired) electrons. The van der Waals surface area contributed by atoms with Gasteiger partial charge in [0, 0.05) is 37.7 Å². The van der Waals surface area contributed by atoms with E-state index in [0.717, 1.165) is 19.0 Å². The summed E-state index contributed by atoms with van der Waals surface area (Å²) in [5.74, 6) is -0.421. The van der Waals surface area contributed by atoms with Crippen molar-refractivity contribution in [3.05, 3.63) is 41.7 Å². The summed E-state index contributed by atoms with van der Waals surface area (Å²) in [4.78, 5) is 19.8. The number of carbonyl (C=O) groups is 1. The molecular formula is C19H21F3N4O3. The van der Waals surface area contributed by atoms with Crippen LogP contribution in [-0.2, 0) is 10.9 Å². The molecule has 1 saturated heterocycles. The number of nitrogens with one attached hydrogen (secondary N) is 2. The molecule has 7 nitrogen and oxygen atoms in total. The van der Waals surface area contributed by atoms with Crippen molar-refractivity contribution < 1.29 is 27.4 Å². The van der Waals surface area contributed by atoms with Gasteiger partial charge in [0.1, 0.15) is 5.75 Å². The summed E-state index contributed by atoms with van der Waals surface area (Å²) in [6, 6.07) is 6.59. The van der Waals surface area contributed by atoms with Crippen molar-refractivity contribution in [2.24, 2.45) is 5.92 Å². The topological polar surface area (TPSA) is 85.4 Å². The van der Waals surface area contributed by atoms with Crippen LogP contribution < -0.4 is 15.4 Å². The fraction of sp³-hybridized carbons (Fsp3) is 0.421. The lowest BCUT2D eigenvalue weighted by Crippen LogP contribution is -2.33. The van der Waals surface area contributed by atoms with Gasteiger partial charge in [-0.15, -0.1) is 0 Å². The van der Waals surface area contributed by atoms with Gasteiger partial charge in [0.25, 0.3) is 5.91 Å². The number of rotatable bonds is 6. The molecule has 1 amide bonds. The highest BCUT2D eigenvalue weighted by Gasteiger charge is 2.38. The molecule has 1 aromatic carbocycles. The highest BCUT2D eigenvalue weighted by Crippen LogP contribution is 2.31. The van der Waals surface area contributed by atoms with Gasteiger partial charge >= 0.3 is 6.18 Å². The Bertz CT molecular complexity index is 855. The first-order chi connectivity index (χ1) is 13.9. The third kappa shape index (κ3) is 5.57. The summed E-state index contributed by atoms with van der Waals surface area (Å²) >= 11 is 0. The molecule has 0 spiro atoms. The molecule has 0 bridgehead atoms. The Morgan fingerprint density at radius 3 is 2.76 bits per heavy atom. The Morgan fingerprint density at radius 1 is 1.31 bits per heavy atom. The largest absolute Gasteiger partial charge is 0.497 e. The highest BCUT2D eigenvalue weighted by atomic mass is 19.4. The molecule has 2 heterocycles. The van der Waals surface area contributed by atoms with Crippen LogP contribution in [0.3, 0.4) is 0 Å². The van der Waals surface area contributed by atoms with Gasteiger partial charge in [-0.3, -0.25) is 4.79 Å². The van der Waals surface area contributed by atoms with Crippen LogP contribution in [0, 0.1) is 5.92 Å². The number of carbonyl (C=O) groups excluding carboxylic acids is 1. The van der Waals surface area contributed by atoms with E-state index < -0.39 is 23.3 Å². The molecule has 3 rings (SSSR count). The van der Waals surface area contributed by atoms with Gasteiger partial charge < -0.3 is 20.1 Å². The molecule has 1 aliphatic heterocycles. The first-order valence-corrected chi connectivity index (χ1v) is 9.08. The number of halogens is 3. The SMILES string of the molecule is COc1cccc(Nc2ncc(C(=O)NCC3CCOCC3)c(C(F)(F)F)n2)c1. The zero-order valence-corrected chi connectivity index (χ0v) is 15.8. The predicted octanol–water partition coefficient (Wildman–Crippen LogP) is 3.40. The molecular weight excluding hydrogens is 389 g/mol. The monoisotopic (exact) mass is 410 g/mol. The molecule has 156 valence electrons. The summed E-state index contributed by atoms with van der Waals surface area (Å²) in [5, 5.41) is 5.25. The lowest BCUT2D eigenvalue weighted by molar-refractivity contribution is -0.141. The smallest absolute Gasteiger partial charge is 0.434 e. The number of benzene rings is 1. The maximum absolute atomic E-state index is 13.5. The Morgan fingerprint density at radius 2 is 2.07 bits per heavy atom. The maximum atomic E-state index is 13.5. The third-order valence-corrected chi connectivity index (χ3v) is 4.52. The van der Waals surface area contributed by atoms with Gasteiger partial charge in [0.2, 0.25) is 5.95 Å². The van der Waals surface area contributed by atoms with Crippen molar-refractivity contribution in [1.82, 2.24) is 15.3 Å². The third-order valence-electron chi connectivity index (χ3n) is 4.52. The Labute approximate surface area is 165 Å². The maximum Gasteiger partial charge on any atom is 0.434 e. The lowest BCUT2D eigenvalue weighted by atomic mass is 10.0. The van der Waals surface area contributed by atoms with Crippen LogP contribution in [0.15, 0.2) is 30.5 Å². The minimum absolute atomic E-state index is 0.178. The van der Waals surface area contributed by atoms with E-state index in [2.05, 4.69) is 20.6 Å². The number of anilines is 2. The van der Waals surface area contributed by atoms with Gasteiger partial charge in [-0.25, -0.2) is 9.97 Å². The molecule has 0 atom stereocenters. The van der Waals surface area contributed by atoms with Crippen molar-refractivity contribution in [2.45, 2.75) is 19.0 Å². The van der Waals surface area contributed by atoms with Crippen molar-refractivity contribution in [2.75, 3.05) is 32.2 Å². The van der Waals surface area contributed by atoms with Crippen LogP contribution in [0.2, 0.25) is 0 Å². The number of ether oxygens (including phenoxy) is 2. The first kappa shape index (κ1) is 20.8. The number of hydrogen-bond donors (Lipinski definition) is 2. The molecule has 29 heavy (non-hydrogen) atoms. The summed E-state index contributed by atoms with van der Waals surface area (Å²) in [6.07, 6.45) is -2.41. The second-order valence-corrected chi connectivity index (χ2v) is 6.58. The number of aromatic nitrogens is 2. The Balaban J connectivity index is 1.77. The quantitative estimate of drug-likeness (QED) is 0.759. The van der Waals surface area contributed by atoms with Gasteiger partial charge in [-0.2, -0.15) is 13.2 Å². The summed E-state index contributed by atoms with van der Waals surface area (Å²) in [7, 11) is 1.48. The van der Waals surface area contributed by atoms with Gasteiger partial charge in [-0.1, -0.05) is 6.07 Å². The van der Waals surface area contributed by atoms with Crippen molar-refractivity contribution in [3.63, 3.8) is 0 Å². The van der Waals surface area contributed by atoms with E-state index in [-0.39, 0.29) is 18.4 Å². The molecule has 2 N–H and O–H groups in total. The van der Waals surface area contributed by atoms with Gasteiger partial charge in [-0.05, 0) is 30.9 Å². The zero-order valence-electron chi connectivity index (χ0n) is 15.8. The number of amides is 1. The molecule has 2 aromatic rings. The summed E-state index contributed by atoms with van der Waals surface area (Å²) in [6.45, 7) is 1.45. The van der Waals surface area contributed by atoms with Crippen LogP contribution in [0.5, 0.6) is 5.75 Å². The van der Waals surface area contributed by atoms with Crippen molar-refractivity contribution in [3.8, 4) is 5.75 Å². The molecule has 0 saturated carbocycles. The first-order valence-electron chi connectivity index (χ1n) is 9.08. The standard InChI is InChI=1S/C19H21F3N4O3/c1-28-14-4-2-3-13(9-14)25-18-24-11-15(16(26-18)19(20,21)22)17(27)23-10-12-5-7-29-8-6-12/h2-4,9,11-12H,5-8,10H2,1H3,(H,23,27)(H,24,25,26). The van der Waals surface area contributed by atoms with Crippen LogP contribution in [0.25, 0.3) is 0 Å². The second kappa shape index (κ2) is 9.08. The van der Waals surface area contributed by atoms with Crippen LogP contribution in [0.4, 0.5) is 24.8 Å². The van der Waals surface area contributed by atoms with Crippen LogP contribution in [-0.4, -0.2) is 42.7 Å². The predicted molar refractivity (Wildman–Crippen MR) is 99.2 cm³/mol. The molecule has 1 aliphatic rings. The average Bonchev–Trinajstić information content (AvgIpc) is 2.72. The molecule has 0 aliphatic carbocycles. The molecule has 1 fully saturated rings. The Kier molecular flexibility index (Phi) is 6.53. The van der Waals surface area contributed by atoms with E-state index in [1.54, 1.807) is 24.3 Å². The van der Waals surface area contributed by atoms with Crippen LogP contribution in [0.1, 0.15) is 28.9 Å². The van der Waals surface area contributed by atoms with E-state index in [4.69, 9.17) is 9.47 Å². The van der Waals surface area contributed by atoms with E-state index in [1.807, 2.05) is 0 Å². The number of nitrogens with zero attached hydrogens (tertiary/aromatic N) is 2. The van der Waals surface area contributed by atoms with Gasteiger partial charge in [0.15, 0.2) is 5.69 Å². The fourth-order valence-corrected chi connectivity index (χ4v) is 2.94. The normalized spacial score (nSPS) is 15.0. The van der Waals surface area contributed by atoms with E-state index in [0.29, 0.717) is 24.7 Å². The van der Waals surface area contributed by atoms with Crippen LogP contribution >= 0.6 is 0 Å². The van der Waals surface area contributed by atoms with Gasteiger partial charge in [0.05, 0.1) is 12.7 Å². The minimum atomic E-state index is -4.81. The van der Waals surface area contributed by atoms with E-state index in [1.165, 1.54) is 7.11 Å². The van der Waals surface area contributed by atoms with E-state index >= 15 is 0 Å². The molecule has 0 unspecified atom stereocenters. The second-order valence-electron chi connectivity index (χ2n) is 6.58. The molecule has 1 aromatic heterocycles. The highest BCUT2D eigenvalue weighted by molar-refractivity contribution is 5.95. The van der Waals surface area contributed by atoms with Crippen molar-refractivity contribution >= 4 is 17.5 Å². The Hall–Kier alpha value is -2.88. The average molecular weight is 410 g/mol. The molecule has 10 heteroatoms.